The van der Waals surface area contributed by atoms with E-state index in [1.807, 2.05) is 12.1 Å². The molecule has 0 bridgehead atoms. The van der Waals surface area contributed by atoms with Crippen LogP contribution >= 0.6 is 7.53 Å². The van der Waals surface area contributed by atoms with E-state index in [9.17, 15) is 0 Å². The van der Waals surface area contributed by atoms with Gasteiger partial charge in [0.05, 0.1) is 22.4 Å². The molecule has 50 heavy (non-hydrogen) atoms. The van der Waals surface area contributed by atoms with Crippen LogP contribution in [0.5, 0.6) is 0 Å². The van der Waals surface area contributed by atoms with Crippen LogP contribution in [-0.2, 0) is 0 Å². The van der Waals surface area contributed by atoms with Crippen molar-refractivity contribution in [2.24, 2.45) is 0 Å². The maximum absolute atomic E-state index is 5.20. The lowest BCUT2D eigenvalue weighted by molar-refractivity contribution is 0.995. The molecule has 0 saturated heterocycles. The summed E-state index contributed by atoms with van der Waals surface area (Å²) in [6.45, 7) is 0. The van der Waals surface area contributed by atoms with Gasteiger partial charge in [0.2, 0.25) is 5.95 Å². The van der Waals surface area contributed by atoms with Crippen molar-refractivity contribution in [2.45, 2.75) is 0 Å². The fourth-order valence-electron chi connectivity index (χ4n) is 7.42. The number of benzene rings is 7. The van der Waals surface area contributed by atoms with Crippen LogP contribution in [0.2, 0.25) is 0 Å². The van der Waals surface area contributed by atoms with Crippen molar-refractivity contribution in [2.75, 3.05) is 0 Å². The Kier molecular flexibility index (Phi) is 6.72. The molecular formula is C46H30N3P. The van der Waals surface area contributed by atoms with Gasteiger partial charge in [-0.25, -0.2) is 9.97 Å². The van der Waals surface area contributed by atoms with Gasteiger partial charge in [-0.3, -0.25) is 4.57 Å². The van der Waals surface area contributed by atoms with Crippen LogP contribution in [0.3, 0.4) is 0 Å². The minimum absolute atomic E-state index is 0.584. The molecule has 3 heterocycles. The molecule has 0 fully saturated rings. The van der Waals surface area contributed by atoms with Crippen LogP contribution in [0.4, 0.5) is 0 Å². The Hall–Kier alpha value is -6.28. The van der Waals surface area contributed by atoms with Gasteiger partial charge < -0.3 is 0 Å². The molecule has 4 heteroatoms. The Morgan fingerprint density at radius 3 is 1.58 bits per heavy atom. The molecule has 0 aliphatic carbocycles. The Labute approximate surface area is 290 Å². The van der Waals surface area contributed by atoms with Gasteiger partial charge in [-0.2, -0.15) is 0 Å². The second-order valence-electron chi connectivity index (χ2n) is 12.7. The van der Waals surface area contributed by atoms with Gasteiger partial charge in [0.25, 0.3) is 0 Å². The van der Waals surface area contributed by atoms with E-state index in [0.717, 1.165) is 33.5 Å². The van der Waals surface area contributed by atoms with Gasteiger partial charge in [-0.1, -0.05) is 153 Å². The summed E-state index contributed by atoms with van der Waals surface area (Å²) in [7, 11) is -0.584. The minimum Gasteiger partial charge on any atom is -0.278 e. The molecule has 10 aromatic rings. The number of hydrogen-bond acceptors (Lipinski definition) is 2. The van der Waals surface area contributed by atoms with Crippen LogP contribution in [0.1, 0.15) is 0 Å². The third-order valence-electron chi connectivity index (χ3n) is 9.75. The zero-order valence-corrected chi connectivity index (χ0v) is 28.0. The maximum atomic E-state index is 5.20. The first-order valence-electron chi connectivity index (χ1n) is 16.9. The van der Waals surface area contributed by atoms with Crippen molar-refractivity contribution in [1.29, 1.82) is 0 Å². The van der Waals surface area contributed by atoms with E-state index in [-0.39, 0.29) is 0 Å². The van der Waals surface area contributed by atoms with E-state index in [2.05, 4.69) is 174 Å². The predicted molar refractivity (Wildman–Crippen MR) is 212 cm³/mol. The molecule has 3 nitrogen and oxygen atoms in total. The topological polar surface area (TPSA) is 30.7 Å². The van der Waals surface area contributed by atoms with Gasteiger partial charge in [0.15, 0.2) is 0 Å². The predicted octanol–water partition coefficient (Wildman–Crippen LogP) is 12.9. The summed E-state index contributed by atoms with van der Waals surface area (Å²) in [5.74, 6) is 0.660. The lowest BCUT2D eigenvalue weighted by Crippen LogP contribution is -2.03. The average molecular weight is 656 g/mol. The van der Waals surface area contributed by atoms with E-state index in [1.54, 1.807) is 0 Å². The summed E-state index contributed by atoms with van der Waals surface area (Å²) in [5, 5.41) is 9.31. The van der Waals surface area contributed by atoms with Crippen LogP contribution < -0.4 is 0 Å². The Morgan fingerprint density at radius 1 is 0.360 bits per heavy atom. The Morgan fingerprint density at radius 2 is 0.880 bits per heavy atom. The number of aromatic nitrogens is 3. The highest BCUT2D eigenvalue weighted by Crippen LogP contribution is 2.55. The molecule has 0 aliphatic rings. The summed E-state index contributed by atoms with van der Waals surface area (Å²) in [4.78, 5) is 10.4. The van der Waals surface area contributed by atoms with E-state index in [0.29, 0.717) is 5.95 Å². The minimum atomic E-state index is -0.584. The average Bonchev–Trinajstić information content (AvgIpc) is 3.71. The maximum Gasteiger partial charge on any atom is 0.235 e. The molecular weight excluding hydrogens is 626 g/mol. The van der Waals surface area contributed by atoms with Crippen LogP contribution in [0, 0.1) is 0 Å². The molecule has 10 rings (SSSR count). The SMILES string of the molecule is c1ccc(-c2cc(-c3ccccc3)nc(-n3c4ccccc4c4cc(-c5ccc6c(c5)c5ccccc5p6-c5ccccc5)ccc43)n2)cc1. The van der Waals surface area contributed by atoms with Crippen molar-refractivity contribution >= 4 is 50.3 Å². The third-order valence-corrected chi connectivity index (χ3v) is 12.3. The van der Waals surface area contributed by atoms with Gasteiger partial charge in [0.1, 0.15) is 0 Å². The molecule has 0 spiro atoms. The number of para-hydroxylation sites is 1. The number of rotatable bonds is 5. The summed E-state index contributed by atoms with van der Waals surface area (Å²) in [5.41, 5.74) is 8.49. The smallest absolute Gasteiger partial charge is 0.235 e. The summed E-state index contributed by atoms with van der Waals surface area (Å²) in [6, 6.07) is 65.2. The molecule has 0 radical (unpaired) electrons. The summed E-state index contributed by atoms with van der Waals surface area (Å²) < 4.78 is 2.22. The van der Waals surface area contributed by atoms with Crippen molar-refractivity contribution in [3.8, 4) is 44.9 Å². The molecule has 1 atom stereocenters. The fourth-order valence-corrected chi connectivity index (χ4v) is 10.0. The second-order valence-corrected chi connectivity index (χ2v) is 14.8. The van der Waals surface area contributed by atoms with Crippen molar-refractivity contribution in [1.82, 2.24) is 14.5 Å². The second kappa shape index (κ2) is 11.7. The lowest BCUT2D eigenvalue weighted by Gasteiger charge is -2.12. The monoisotopic (exact) mass is 655 g/mol. The lowest BCUT2D eigenvalue weighted by atomic mass is 10.0. The third kappa shape index (κ3) is 4.67. The van der Waals surface area contributed by atoms with Crippen LogP contribution in [0.25, 0.3) is 87.7 Å². The highest BCUT2D eigenvalue weighted by Gasteiger charge is 2.19. The first-order chi connectivity index (χ1) is 24.8. The van der Waals surface area contributed by atoms with Gasteiger partial charge in [-0.05, 0) is 63.6 Å². The fraction of sp³-hybridized carbons (Fsp3) is 0. The quantitative estimate of drug-likeness (QED) is 0.185. The van der Waals surface area contributed by atoms with E-state index in [4.69, 9.17) is 9.97 Å². The molecule has 3 aromatic heterocycles. The zero-order valence-electron chi connectivity index (χ0n) is 27.1. The molecule has 0 amide bonds. The van der Waals surface area contributed by atoms with E-state index in [1.165, 1.54) is 48.2 Å². The standard InChI is InChI=1S/C46H30N3P/c1-4-14-31(15-5-1)40-30-41(32-16-6-2-7-17-32)48-46(47-40)49-42-22-12-10-20-36(42)38-28-33(24-26-43(38)49)34-25-27-45-39(29-34)37-21-11-13-23-44(37)50(45)35-18-8-3-9-19-35/h1-30H. The molecule has 0 N–H and O–H groups in total. The zero-order chi connectivity index (χ0) is 33.0. The molecule has 1 unspecified atom stereocenters. The van der Waals surface area contributed by atoms with Crippen LogP contribution in [0.15, 0.2) is 182 Å². The highest BCUT2D eigenvalue weighted by molar-refractivity contribution is 7.67. The first-order valence-corrected chi connectivity index (χ1v) is 18.3. The number of nitrogens with zero attached hydrogens (tertiary/aromatic N) is 3. The van der Waals surface area contributed by atoms with Gasteiger partial charge >= 0.3 is 0 Å². The molecule has 7 aromatic carbocycles. The van der Waals surface area contributed by atoms with Gasteiger partial charge in [0, 0.05) is 32.1 Å². The number of fused-ring (bicyclic) bond motifs is 6. The van der Waals surface area contributed by atoms with Crippen molar-refractivity contribution in [3.05, 3.63) is 182 Å². The molecule has 0 saturated carbocycles. The molecule has 234 valence electrons. The largest absolute Gasteiger partial charge is 0.278 e. The van der Waals surface area contributed by atoms with Crippen molar-refractivity contribution < 1.29 is 0 Å². The van der Waals surface area contributed by atoms with E-state index >= 15 is 0 Å². The normalized spacial score (nSPS) is 12.0. The van der Waals surface area contributed by atoms with Crippen LogP contribution in [-0.4, -0.2) is 14.5 Å². The molecule has 0 aliphatic heterocycles. The van der Waals surface area contributed by atoms with Gasteiger partial charge in [-0.15, -0.1) is 0 Å². The summed E-state index contributed by atoms with van der Waals surface area (Å²) in [6.07, 6.45) is 0. The first kappa shape index (κ1) is 28.7. The Balaban J connectivity index is 1.17. The highest BCUT2D eigenvalue weighted by atomic mass is 31.1. The number of hydrogen-bond donors (Lipinski definition) is 0. The summed E-state index contributed by atoms with van der Waals surface area (Å²) >= 11 is 0. The van der Waals surface area contributed by atoms with Crippen molar-refractivity contribution in [3.63, 3.8) is 0 Å². The Bertz CT molecular complexity index is 2800. The van der Waals surface area contributed by atoms with E-state index < -0.39 is 7.53 Å².